The molecule has 0 unspecified atom stereocenters. The molecular formula is C14H24O2Si. The van der Waals surface area contributed by atoms with Gasteiger partial charge < -0.3 is 8.85 Å². The van der Waals surface area contributed by atoms with E-state index in [4.69, 9.17) is 8.85 Å². The number of hydrogen-bond acceptors (Lipinski definition) is 2. The maximum absolute atomic E-state index is 6.09. The summed E-state index contributed by atoms with van der Waals surface area (Å²) in [4.78, 5) is 0. The van der Waals surface area contributed by atoms with Crippen molar-refractivity contribution in [3.05, 3.63) is 36.1 Å². The van der Waals surface area contributed by atoms with Crippen molar-refractivity contribution in [1.82, 2.24) is 0 Å². The van der Waals surface area contributed by atoms with Gasteiger partial charge in [-0.3, -0.25) is 0 Å². The summed E-state index contributed by atoms with van der Waals surface area (Å²) in [6.07, 6.45) is 10.8. The molecule has 0 aromatic heterocycles. The van der Waals surface area contributed by atoms with E-state index < -0.39 is 8.56 Å². The maximum Gasteiger partial charge on any atom is 0.378 e. The fraction of sp³-hybridized carbons (Fsp3) is 0.571. The van der Waals surface area contributed by atoms with E-state index in [0.717, 1.165) is 12.8 Å². The van der Waals surface area contributed by atoms with E-state index in [9.17, 15) is 0 Å². The number of rotatable bonds is 7. The largest absolute Gasteiger partial charge is 0.391 e. The van der Waals surface area contributed by atoms with Crippen molar-refractivity contribution in [3.63, 3.8) is 0 Å². The van der Waals surface area contributed by atoms with E-state index in [0.29, 0.717) is 13.2 Å². The molecule has 1 aliphatic rings. The summed E-state index contributed by atoms with van der Waals surface area (Å²) in [5.41, 5.74) is 0.261. The molecule has 0 aromatic rings. The van der Waals surface area contributed by atoms with Crippen molar-refractivity contribution in [1.29, 1.82) is 0 Å². The first-order valence-electron chi connectivity index (χ1n) is 6.48. The van der Waals surface area contributed by atoms with Crippen molar-refractivity contribution < 1.29 is 8.85 Å². The number of hydrogen-bond donors (Lipinski definition) is 0. The van der Waals surface area contributed by atoms with Crippen LogP contribution in [-0.2, 0) is 8.85 Å². The number of allylic oxidation sites excluding steroid dienone is 5. The molecule has 0 saturated carbocycles. The Morgan fingerprint density at radius 2 is 2.00 bits per heavy atom. The Labute approximate surface area is 106 Å². The van der Waals surface area contributed by atoms with Crippen molar-refractivity contribution in [2.24, 2.45) is 0 Å². The zero-order valence-corrected chi connectivity index (χ0v) is 12.2. The smallest absolute Gasteiger partial charge is 0.378 e. The Balaban J connectivity index is 3.07. The standard InChI is InChI=1S/C14H24O2Si/c1-5-13(4)17(15-6-2,16-7-3)14-11-9-8-10-12-14/h5,9,11-13H,1,6-8,10H2,2-4H3/t13-/m0/s1. The van der Waals surface area contributed by atoms with Crippen LogP contribution in [0, 0.1) is 0 Å². The van der Waals surface area contributed by atoms with E-state index in [-0.39, 0.29) is 5.54 Å². The summed E-state index contributed by atoms with van der Waals surface area (Å²) in [6.45, 7) is 11.5. The van der Waals surface area contributed by atoms with Gasteiger partial charge in [0, 0.05) is 18.8 Å². The van der Waals surface area contributed by atoms with Crippen LogP contribution in [0.25, 0.3) is 0 Å². The summed E-state index contributed by atoms with van der Waals surface area (Å²) >= 11 is 0. The van der Waals surface area contributed by atoms with Crippen LogP contribution in [0.3, 0.4) is 0 Å². The highest BCUT2D eigenvalue weighted by Crippen LogP contribution is 2.34. The summed E-state index contributed by atoms with van der Waals surface area (Å²) < 4.78 is 12.2. The average Bonchev–Trinajstić information content (AvgIpc) is 2.38. The van der Waals surface area contributed by atoms with Gasteiger partial charge in [0.25, 0.3) is 0 Å². The molecule has 1 atom stereocenters. The van der Waals surface area contributed by atoms with Crippen LogP contribution in [0.4, 0.5) is 0 Å². The molecule has 2 nitrogen and oxygen atoms in total. The monoisotopic (exact) mass is 252 g/mol. The minimum Gasteiger partial charge on any atom is -0.391 e. The van der Waals surface area contributed by atoms with Gasteiger partial charge in [0.15, 0.2) is 0 Å². The summed E-state index contributed by atoms with van der Waals surface area (Å²) in [6, 6.07) is 0. The molecule has 3 heteroatoms. The molecule has 0 fully saturated rings. The molecule has 1 rings (SSSR count). The third-order valence-corrected chi connectivity index (χ3v) is 7.11. The maximum atomic E-state index is 6.09. The zero-order valence-electron chi connectivity index (χ0n) is 11.2. The lowest BCUT2D eigenvalue weighted by molar-refractivity contribution is 0.187. The van der Waals surface area contributed by atoms with Crippen molar-refractivity contribution in [2.75, 3.05) is 13.2 Å². The van der Waals surface area contributed by atoms with Gasteiger partial charge in [-0.25, -0.2) is 0 Å². The molecule has 0 aliphatic heterocycles. The van der Waals surface area contributed by atoms with Crippen LogP contribution >= 0.6 is 0 Å². The highest BCUT2D eigenvalue weighted by molar-refractivity contribution is 6.77. The molecule has 1 aliphatic carbocycles. The molecule has 96 valence electrons. The second-order valence-electron chi connectivity index (χ2n) is 4.20. The zero-order chi connectivity index (χ0) is 12.7. The molecule has 17 heavy (non-hydrogen) atoms. The molecule has 0 spiro atoms. The van der Waals surface area contributed by atoms with Crippen molar-refractivity contribution in [3.8, 4) is 0 Å². The molecule has 0 bridgehead atoms. The quantitative estimate of drug-likeness (QED) is 0.505. The van der Waals surface area contributed by atoms with Crippen LogP contribution in [0.2, 0.25) is 5.54 Å². The summed E-state index contributed by atoms with van der Waals surface area (Å²) in [5.74, 6) is 0. The second kappa shape index (κ2) is 6.94. The molecule has 0 radical (unpaired) electrons. The Morgan fingerprint density at radius 1 is 1.35 bits per heavy atom. The van der Waals surface area contributed by atoms with Crippen LogP contribution < -0.4 is 0 Å². The lowest BCUT2D eigenvalue weighted by Gasteiger charge is -2.35. The highest BCUT2D eigenvalue weighted by atomic mass is 28.4. The topological polar surface area (TPSA) is 18.5 Å². The van der Waals surface area contributed by atoms with E-state index in [2.05, 4.69) is 31.7 Å². The first-order valence-corrected chi connectivity index (χ1v) is 8.38. The van der Waals surface area contributed by atoms with Crippen LogP contribution in [0.1, 0.15) is 33.6 Å². The Kier molecular flexibility index (Phi) is 5.89. The minimum atomic E-state index is -2.34. The Morgan fingerprint density at radius 3 is 2.41 bits per heavy atom. The van der Waals surface area contributed by atoms with Crippen molar-refractivity contribution in [2.45, 2.75) is 39.2 Å². The molecule has 0 saturated heterocycles. The predicted octanol–water partition coefficient (Wildman–Crippen LogP) is 3.89. The van der Waals surface area contributed by atoms with Crippen molar-refractivity contribution >= 4 is 8.56 Å². The average molecular weight is 252 g/mol. The Bertz CT molecular complexity index is 301. The SMILES string of the molecule is C=C[C@H](C)[Si](OCC)(OCC)C1=CCCC=C1. The van der Waals surface area contributed by atoms with E-state index in [1.165, 1.54) is 5.20 Å². The van der Waals surface area contributed by atoms with Gasteiger partial charge in [0.05, 0.1) is 0 Å². The molecule has 0 amide bonds. The molecular weight excluding hydrogens is 228 g/mol. The lowest BCUT2D eigenvalue weighted by Crippen LogP contribution is -2.48. The van der Waals surface area contributed by atoms with Gasteiger partial charge >= 0.3 is 8.56 Å². The first-order chi connectivity index (χ1) is 8.21. The minimum absolute atomic E-state index is 0.261. The molecule has 0 N–H and O–H groups in total. The van der Waals surface area contributed by atoms with Gasteiger partial charge in [0.1, 0.15) is 0 Å². The first kappa shape index (κ1) is 14.4. The predicted molar refractivity (Wildman–Crippen MR) is 75.1 cm³/mol. The van der Waals surface area contributed by atoms with Crippen LogP contribution in [-0.4, -0.2) is 21.8 Å². The van der Waals surface area contributed by atoms with Gasteiger partial charge in [-0.05, 0) is 31.9 Å². The van der Waals surface area contributed by atoms with Crippen LogP contribution in [0.15, 0.2) is 36.1 Å². The highest BCUT2D eigenvalue weighted by Gasteiger charge is 2.45. The van der Waals surface area contributed by atoms with E-state index in [1.54, 1.807) is 0 Å². The third kappa shape index (κ3) is 3.18. The van der Waals surface area contributed by atoms with Gasteiger partial charge in [0.2, 0.25) is 0 Å². The van der Waals surface area contributed by atoms with Gasteiger partial charge in [-0.15, -0.1) is 6.58 Å². The van der Waals surface area contributed by atoms with Gasteiger partial charge in [-0.1, -0.05) is 31.2 Å². The van der Waals surface area contributed by atoms with E-state index >= 15 is 0 Å². The fourth-order valence-corrected chi connectivity index (χ4v) is 5.61. The molecule has 0 aromatic carbocycles. The lowest BCUT2D eigenvalue weighted by atomic mass is 10.2. The second-order valence-corrected chi connectivity index (χ2v) is 7.60. The normalized spacial score (nSPS) is 17.7. The van der Waals surface area contributed by atoms with Gasteiger partial charge in [-0.2, -0.15) is 0 Å². The third-order valence-electron chi connectivity index (χ3n) is 3.07. The molecule has 0 heterocycles. The van der Waals surface area contributed by atoms with E-state index in [1.807, 2.05) is 19.9 Å². The van der Waals surface area contributed by atoms with Crippen LogP contribution in [0.5, 0.6) is 0 Å². The summed E-state index contributed by atoms with van der Waals surface area (Å²) in [5, 5.41) is 1.26. The summed E-state index contributed by atoms with van der Waals surface area (Å²) in [7, 11) is -2.34. The Hall–Kier alpha value is -0.643. The fourth-order valence-electron chi connectivity index (χ4n) is 2.19.